The summed E-state index contributed by atoms with van der Waals surface area (Å²) in [7, 11) is 0. The molecule has 20 heavy (non-hydrogen) atoms. The fraction of sp³-hybridized carbons (Fsp3) is 0. The molecule has 6 heteroatoms. The Kier molecular flexibility index (Phi) is 3.46. The van der Waals surface area contributed by atoms with E-state index in [2.05, 4.69) is 26.2 Å². The number of carbonyl (C=O) groups is 1. The summed E-state index contributed by atoms with van der Waals surface area (Å²) >= 11 is 9.02. The van der Waals surface area contributed by atoms with Gasteiger partial charge >= 0.3 is 0 Å². The monoisotopic (exact) mass is 350 g/mol. The molecule has 1 N–H and O–H groups in total. The number of amides is 1. The number of nitrogens with one attached hydrogen (secondary N) is 1. The van der Waals surface area contributed by atoms with Crippen molar-refractivity contribution in [3.63, 3.8) is 0 Å². The fourth-order valence-electron chi connectivity index (χ4n) is 1.86. The number of fused-ring (bicyclic) bond motifs is 1. The molecule has 2 aromatic heterocycles. The topological polar surface area (TPSA) is 55.1 Å². The van der Waals surface area contributed by atoms with Crippen molar-refractivity contribution in [1.82, 2.24) is 4.98 Å². The molecular formula is C14H8BrClN2O2. The number of benzene rings is 1. The Labute approximate surface area is 127 Å². The summed E-state index contributed by atoms with van der Waals surface area (Å²) in [4.78, 5) is 16.4. The number of hydrogen-bond donors (Lipinski definition) is 1. The van der Waals surface area contributed by atoms with Gasteiger partial charge in [-0.1, -0.05) is 12.1 Å². The lowest BCUT2D eigenvalue weighted by atomic mass is 10.2. The van der Waals surface area contributed by atoms with E-state index in [1.54, 1.807) is 12.3 Å². The molecule has 1 amide bonds. The zero-order valence-electron chi connectivity index (χ0n) is 10.1. The molecule has 2 heterocycles. The minimum absolute atomic E-state index is 0.157. The summed E-state index contributed by atoms with van der Waals surface area (Å²) in [5.74, 6) is -0.210. The Hall–Kier alpha value is -1.85. The Morgan fingerprint density at radius 1 is 1.30 bits per heavy atom. The quantitative estimate of drug-likeness (QED) is 0.740. The molecule has 0 aliphatic heterocycles. The number of pyridine rings is 1. The highest BCUT2D eigenvalue weighted by Crippen LogP contribution is 2.24. The van der Waals surface area contributed by atoms with E-state index < -0.39 is 0 Å². The van der Waals surface area contributed by atoms with Gasteiger partial charge in [-0.25, -0.2) is 0 Å². The van der Waals surface area contributed by atoms with Gasteiger partial charge in [0.1, 0.15) is 0 Å². The van der Waals surface area contributed by atoms with Gasteiger partial charge in [-0.05, 0) is 51.8 Å². The highest BCUT2D eigenvalue weighted by molar-refractivity contribution is 9.10. The minimum Gasteiger partial charge on any atom is -0.440 e. The molecule has 3 aromatic rings. The van der Waals surface area contributed by atoms with Crippen LogP contribution in [0.4, 0.5) is 5.69 Å². The second-order valence-corrected chi connectivity index (χ2v) is 5.38. The molecule has 0 atom stereocenters. The summed E-state index contributed by atoms with van der Waals surface area (Å²) in [5, 5.41) is 3.87. The van der Waals surface area contributed by atoms with Crippen molar-refractivity contribution in [2.45, 2.75) is 0 Å². The number of nitrogens with zero attached hydrogens (tertiary/aromatic N) is 1. The number of rotatable bonds is 2. The number of hydrogen-bond acceptors (Lipinski definition) is 3. The maximum atomic E-state index is 12.0. The van der Waals surface area contributed by atoms with Crippen LogP contribution in [0.5, 0.6) is 0 Å². The second kappa shape index (κ2) is 5.26. The summed E-state index contributed by atoms with van der Waals surface area (Å²) in [5.41, 5.74) is 1.33. The predicted molar refractivity (Wildman–Crippen MR) is 81.1 cm³/mol. The van der Waals surface area contributed by atoms with Crippen molar-refractivity contribution in [3.8, 4) is 0 Å². The van der Waals surface area contributed by atoms with E-state index in [1.165, 1.54) is 12.1 Å². The summed E-state index contributed by atoms with van der Waals surface area (Å²) in [6, 6.07) is 10.5. The third kappa shape index (κ3) is 2.55. The van der Waals surface area contributed by atoms with Gasteiger partial charge in [0, 0.05) is 16.1 Å². The van der Waals surface area contributed by atoms with E-state index in [0.717, 1.165) is 9.86 Å². The summed E-state index contributed by atoms with van der Waals surface area (Å²) in [6.45, 7) is 0. The average molecular weight is 352 g/mol. The Morgan fingerprint density at radius 3 is 2.90 bits per heavy atom. The summed E-state index contributed by atoms with van der Waals surface area (Å²) in [6.07, 6.45) is 1.68. The number of furan rings is 1. The van der Waals surface area contributed by atoms with Gasteiger partial charge in [-0.15, -0.1) is 0 Å². The van der Waals surface area contributed by atoms with E-state index >= 15 is 0 Å². The molecule has 0 aliphatic rings. The van der Waals surface area contributed by atoms with Crippen molar-refractivity contribution in [1.29, 1.82) is 0 Å². The van der Waals surface area contributed by atoms with Gasteiger partial charge in [0.25, 0.3) is 5.91 Å². The first-order valence-electron chi connectivity index (χ1n) is 5.74. The molecule has 0 fully saturated rings. The van der Waals surface area contributed by atoms with Crippen LogP contribution in [0.2, 0.25) is 5.22 Å². The number of para-hydroxylation sites is 1. The Morgan fingerprint density at radius 2 is 2.15 bits per heavy atom. The first kappa shape index (κ1) is 13.1. The molecule has 3 rings (SSSR count). The fourth-order valence-corrected chi connectivity index (χ4v) is 2.35. The maximum absolute atomic E-state index is 12.0. The number of halogens is 2. The molecular weight excluding hydrogens is 344 g/mol. The molecule has 0 radical (unpaired) electrons. The third-order valence-corrected chi connectivity index (χ3v) is 3.36. The molecule has 0 saturated heterocycles. The van der Waals surface area contributed by atoms with Crippen LogP contribution in [-0.4, -0.2) is 10.9 Å². The smallest absolute Gasteiger partial charge is 0.291 e. The van der Waals surface area contributed by atoms with Crippen LogP contribution in [0.15, 0.2) is 51.5 Å². The lowest BCUT2D eigenvalue weighted by Crippen LogP contribution is -2.11. The SMILES string of the molecule is O=C(Nc1cccc2cc(Br)cnc12)c1ccc(Cl)o1. The lowest BCUT2D eigenvalue weighted by Gasteiger charge is -2.06. The molecule has 0 saturated carbocycles. The first-order chi connectivity index (χ1) is 9.63. The number of anilines is 1. The maximum Gasteiger partial charge on any atom is 0.291 e. The van der Waals surface area contributed by atoms with Gasteiger partial charge in [0.05, 0.1) is 11.2 Å². The Bertz CT molecular complexity index is 801. The Balaban J connectivity index is 1.97. The lowest BCUT2D eigenvalue weighted by molar-refractivity contribution is 0.0997. The third-order valence-electron chi connectivity index (χ3n) is 2.72. The molecule has 0 aliphatic carbocycles. The summed E-state index contributed by atoms with van der Waals surface area (Å²) < 4.78 is 5.95. The number of carbonyl (C=O) groups excluding carboxylic acids is 1. The van der Waals surface area contributed by atoms with Crippen molar-refractivity contribution in [2.75, 3.05) is 5.32 Å². The first-order valence-corrected chi connectivity index (χ1v) is 6.91. The normalized spacial score (nSPS) is 10.7. The van der Waals surface area contributed by atoms with Crippen molar-refractivity contribution >= 4 is 50.0 Å². The van der Waals surface area contributed by atoms with Gasteiger partial charge in [-0.2, -0.15) is 0 Å². The minimum atomic E-state index is -0.367. The zero-order valence-corrected chi connectivity index (χ0v) is 12.4. The standard InChI is InChI=1S/C14H8BrClN2O2/c15-9-6-8-2-1-3-10(13(8)17-7-9)18-14(19)11-4-5-12(16)20-11/h1-7H,(H,18,19). The van der Waals surface area contributed by atoms with Gasteiger partial charge < -0.3 is 9.73 Å². The van der Waals surface area contributed by atoms with E-state index in [9.17, 15) is 4.79 Å². The van der Waals surface area contributed by atoms with Crippen LogP contribution < -0.4 is 5.32 Å². The average Bonchev–Trinajstić information content (AvgIpc) is 2.85. The van der Waals surface area contributed by atoms with Crippen molar-refractivity contribution in [3.05, 3.63) is 58.0 Å². The van der Waals surface area contributed by atoms with Crippen LogP contribution in [0.25, 0.3) is 10.9 Å². The molecule has 0 unspecified atom stereocenters. The predicted octanol–water partition coefficient (Wildman–Crippen LogP) is 4.50. The highest BCUT2D eigenvalue weighted by Gasteiger charge is 2.12. The van der Waals surface area contributed by atoms with Crippen LogP contribution in [0.1, 0.15) is 10.6 Å². The highest BCUT2D eigenvalue weighted by atomic mass is 79.9. The van der Waals surface area contributed by atoms with Crippen LogP contribution in [-0.2, 0) is 0 Å². The number of aromatic nitrogens is 1. The van der Waals surface area contributed by atoms with Gasteiger partial charge in [0.15, 0.2) is 11.0 Å². The van der Waals surface area contributed by atoms with Crippen molar-refractivity contribution in [2.24, 2.45) is 0 Å². The molecule has 0 spiro atoms. The van der Waals surface area contributed by atoms with Crippen LogP contribution >= 0.6 is 27.5 Å². The van der Waals surface area contributed by atoms with E-state index in [1.807, 2.05) is 18.2 Å². The molecule has 1 aromatic carbocycles. The van der Waals surface area contributed by atoms with Crippen LogP contribution in [0.3, 0.4) is 0 Å². The largest absolute Gasteiger partial charge is 0.440 e. The van der Waals surface area contributed by atoms with Gasteiger partial charge in [0.2, 0.25) is 0 Å². The zero-order chi connectivity index (χ0) is 14.1. The molecule has 100 valence electrons. The van der Waals surface area contributed by atoms with Crippen LogP contribution in [0, 0.1) is 0 Å². The molecule has 0 bridgehead atoms. The van der Waals surface area contributed by atoms with Gasteiger partial charge in [-0.3, -0.25) is 9.78 Å². The van der Waals surface area contributed by atoms with Crippen molar-refractivity contribution < 1.29 is 9.21 Å². The second-order valence-electron chi connectivity index (χ2n) is 4.09. The van der Waals surface area contributed by atoms with E-state index in [-0.39, 0.29) is 16.9 Å². The van der Waals surface area contributed by atoms with E-state index in [0.29, 0.717) is 11.2 Å². The van der Waals surface area contributed by atoms with E-state index in [4.69, 9.17) is 16.0 Å². The molecule has 4 nitrogen and oxygen atoms in total.